The zero-order chi connectivity index (χ0) is 17.1. The molecule has 1 aromatic carbocycles. The molecule has 2 amide bonds. The lowest BCUT2D eigenvalue weighted by molar-refractivity contribution is -0.0489. The molecule has 1 aliphatic rings. The van der Waals surface area contributed by atoms with Crippen molar-refractivity contribution in [2.75, 3.05) is 18.4 Å². The Balaban J connectivity index is 1.86. The minimum Gasteiger partial charge on any atom is -0.432 e. The van der Waals surface area contributed by atoms with Gasteiger partial charge in [-0.15, -0.1) is 0 Å². The molecule has 2 heterocycles. The van der Waals surface area contributed by atoms with Crippen molar-refractivity contribution in [3.63, 3.8) is 0 Å². The fourth-order valence-corrected chi connectivity index (χ4v) is 2.78. The van der Waals surface area contributed by atoms with Crippen LogP contribution in [0.15, 0.2) is 30.5 Å². The van der Waals surface area contributed by atoms with Gasteiger partial charge in [0.1, 0.15) is 5.52 Å². The first-order chi connectivity index (χ1) is 11.5. The van der Waals surface area contributed by atoms with Gasteiger partial charge in [0.05, 0.1) is 11.8 Å². The number of amides is 2. The minimum atomic E-state index is -2.95. The Kier molecular flexibility index (Phi) is 4.75. The number of aromatic nitrogens is 1. The second-order valence-corrected chi connectivity index (χ2v) is 5.56. The molecule has 0 saturated carbocycles. The summed E-state index contributed by atoms with van der Waals surface area (Å²) in [6.07, 6.45) is 2.35. The van der Waals surface area contributed by atoms with Crippen LogP contribution >= 0.6 is 0 Å². The summed E-state index contributed by atoms with van der Waals surface area (Å²) in [7, 11) is 0. The molecule has 0 spiro atoms. The van der Waals surface area contributed by atoms with Gasteiger partial charge in [-0.3, -0.25) is 4.98 Å². The van der Waals surface area contributed by atoms with E-state index in [2.05, 4.69) is 15.0 Å². The summed E-state index contributed by atoms with van der Waals surface area (Å²) < 4.78 is 29.4. The molecular weight excluding hydrogens is 320 g/mol. The summed E-state index contributed by atoms with van der Waals surface area (Å²) in [4.78, 5) is 17.9. The predicted molar refractivity (Wildman–Crippen MR) is 84.2 cm³/mol. The van der Waals surface area contributed by atoms with E-state index in [1.807, 2.05) is 0 Å². The molecule has 1 atom stereocenters. The first kappa shape index (κ1) is 16.4. The number of β-amino-alcohol motifs (C(OH)–C–C–N with tert-alkyl or cyclic N) is 1. The zero-order valence-electron chi connectivity index (χ0n) is 12.8. The topological polar surface area (TPSA) is 74.7 Å². The Labute approximate surface area is 137 Å². The average molecular weight is 337 g/mol. The molecule has 8 heteroatoms. The van der Waals surface area contributed by atoms with Crippen LogP contribution in [0.2, 0.25) is 0 Å². The number of anilines is 1. The zero-order valence-corrected chi connectivity index (χ0v) is 12.8. The summed E-state index contributed by atoms with van der Waals surface area (Å²) in [5.41, 5.74) is 0.694. The molecule has 1 aromatic heterocycles. The number of piperidine rings is 1. The maximum absolute atomic E-state index is 12.5. The van der Waals surface area contributed by atoms with Crippen LogP contribution in [0.4, 0.5) is 19.3 Å². The summed E-state index contributed by atoms with van der Waals surface area (Å²) in [6.45, 7) is -2.12. The highest BCUT2D eigenvalue weighted by atomic mass is 19.3. The number of nitrogens with zero attached hydrogens (tertiary/aromatic N) is 2. The minimum absolute atomic E-state index is 0.0491. The number of hydrogen-bond acceptors (Lipinski definition) is 4. The molecule has 1 aliphatic heterocycles. The standard InChI is InChI=1S/C16H17F2N3O3/c17-15(18)24-13-6-5-12(11-4-1-7-19-14(11)13)20-16(23)21-8-2-3-10(22)9-21/h1,4-7,10,15,22H,2-3,8-9H2,(H,20,23)/t10-/m0/s1. The molecule has 1 saturated heterocycles. The van der Waals surface area contributed by atoms with Crippen molar-refractivity contribution < 1.29 is 23.4 Å². The van der Waals surface area contributed by atoms with Crippen molar-refractivity contribution >= 4 is 22.6 Å². The summed E-state index contributed by atoms with van der Waals surface area (Å²) in [5.74, 6) is -0.0491. The van der Waals surface area contributed by atoms with Crippen LogP contribution in [0.3, 0.4) is 0 Å². The molecule has 3 rings (SSSR count). The number of urea groups is 1. The van der Waals surface area contributed by atoms with E-state index < -0.39 is 12.7 Å². The number of carbonyl (C=O) groups excluding carboxylic acids is 1. The molecule has 0 unspecified atom stereocenters. The lowest BCUT2D eigenvalue weighted by Gasteiger charge is -2.30. The van der Waals surface area contributed by atoms with Crippen molar-refractivity contribution in [2.45, 2.75) is 25.6 Å². The molecule has 6 nitrogen and oxygen atoms in total. The van der Waals surface area contributed by atoms with E-state index in [-0.39, 0.29) is 23.8 Å². The van der Waals surface area contributed by atoms with Crippen molar-refractivity contribution in [1.29, 1.82) is 0 Å². The van der Waals surface area contributed by atoms with Gasteiger partial charge in [-0.1, -0.05) is 0 Å². The van der Waals surface area contributed by atoms with Crippen LogP contribution in [0, 0.1) is 0 Å². The molecule has 0 radical (unpaired) electrons. The summed E-state index contributed by atoms with van der Waals surface area (Å²) in [6, 6.07) is 5.82. The number of rotatable bonds is 3. The fraction of sp³-hybridized carbons (Fsp3) is 0.375. The Hall–Kier alpha value is -2.48. The molecule has 24 heavy (non-hydrogen) atoms. The first-order valence-electron chi connectivity index (χ1n) is 7.61. The van der Waals surface area contributed by atoms with Crippen molar-refractivity contribution in [1.82, 2.24) is 9.88 Å². The van der Waals surface area contributed by atoms with Gasteiger partial charge in [0.15, 0.2) is 5.75 Å². The quantitative estimate of drug-likeness (QED) is 0.903. The van der Waals surface area contributed by atoms with E-state index in [9.17, 15) is 18.7 Å². The van der Waals surface area contributed by atoms with Crippen LogP contribution in [0.1, 0.15) is 12.8 Å². The molecular formula is C16H17F2N3O3. The number of alkyl halides is 2. The van der Waals surface area contributed by atoms with Gasteiger partial charge in [0.25, 0.3) is 0 Å². The van der Waals surface area contributed by atoms with Crippen LogP contribution < -0.4 is 10.1 Å². The van der Waals surface area contributed by atoms with E-state index in [0.29, 0.717) is 24.0 Å². The summed E-state index contributed by atoms with van der Waals surface area (Å²) in [5, 5.41) is 12.9. The highest BCUT2D eigenvalue weighted by Crippen LogP contribution is 2.31. The van der Waals surface area contributed by atoms with Gasteiger partial charge in [0, 0.05) is 24.7 Å². The number of aliphatic hydroxyl groups excluding tert-OH is 1. The average Bonchev–Trinajstić information content (AvgIpc) is 2.56. The van der Waals surface area contributed by atoms with Gasteiger partial charge in [0.2, 0.25) is 0 Å². The lowest BCUT2D eigenvalue weighted by atomic mass is 10.1. The van der Waals surface area contributed by atoms with Gasteiger partial charge in [-0.2, -0.15) is 8.78 Å². The van der Waals surface area contributed by atoms with Crippen LogP contribution in [0.25, 0.3) is 10.9 Å². The Morgan fingerprint density at radius 3 is 3.00 bits per heavy atom. The maximum Gasteiger partial charge on any atom is 0.387 e. The summed E-state index contributed by atoms with van der Waals surface area (Å²) >= 11 is 0. The van der Waals surface area contributed by atoms with Gasteiger partial charge in [-0.25, -0.2) is 4.79 Å². The Morgan fingerprint density at radius 1 is 1.42 bits per heavy atom. The van der Waals surface area contributed by atoms with Crippen molar-refractivity contribution in [2.24, 2.45) is 0 Å². The number of carbonyl (C=O) groups is 1. The van der Waals surface area contributed by atoms with E-state index in [1.54, 1.807) is 12.1 Å². The third-order valence-corrected chi connectivity index (χ3v) is 3.87. The van der Waals surface area contributed by atoms with E-state index in [1.165, 1.54) is 23.2 Å². The number of nitrogens with one attached hydrogen (secondary N) is 1. The largest absolute Gasteiger partial charge is 0.432 e. The maximum atomic E-state index is 12.5. The molecule has 2 aromatic rings. The molecule has 1 fully saturated rings. The number of pyridine rings is 1. The van der Waals surface area contributed by atoms with Gasteiger partial charge in [-0.05, 0) is 37.1 Å². The Bertz CT molecular complexity index is 742. The number of hydrogen-bond donors (Lipinski definition) is 2. The van der Waals surface area contributed by atoms with Crippen LogP contribution in [-0.2, 0) is 0 Å². The van der Waals surface area contributed by atoms with E-state index >= 15 is 0 Å². The smallest absolute Gasteiger partial charge is 0.387 e. The fourth-order valence-electron chi connectivity index (χ4n) is 2.78. The molecule has 128 valence electrons. The van der Waals surface area contributed by atoms with E-state index in [4.69, 9.17) is 0 Å². The van der Waals surface area contributed by atoms with Crippen molar-refractivity contribution in [3.8, 4) is 5.75 Å². The molecule has 0 bridgehead atoms. The van der Waals surface area contributed by atoms with Crippen LogP contribution in [-0.4, -0.2) is 46.8 Å². The normalized spacial score (nSPS) is 18.0. The number of fused-ring (bicyclic) bond motifs is 1. The Morgan fingerprint density at radius 2 is 2.25 bits per heavy atom. The second kappa shape index (κ2) is 6.96. The number of halogens is 2. The van der Waals surface area contributed by atoms with Crippen molar-refractivity contribution in [3.05, 3.63) is 30.5 Å². The van der Waals surface area contributed by atoms with Crippen LogP contribution in [0.5, 0.6) is 5.75 Å². The van der Waals surface area contributed by atoms with Gasteiger partial charge >= 0.3 is 12.6 Å². The SMILES string of the molecule is O=C(Nc1ccc(OC(F)F)c2ncccc12)N1CCC[C@H](O)C1. The number of aliphatic hydroxyl groups is 1. The third-order valence-electron chi connectivity index (χ3n) is 3.87. The second-order valence-electron chi connectivity index (χ2n) is 5.56. The highest BCUT2D eigenvalue weighted by molar-refractivity contribution is 6.02. The molecule has 2 N–H and O–H groups in total. The van der Waals surface area contributed by atoms with Gasteiger partial charge < -0.3 is 20.1 Å². The monoisotopic (exact) mass is 337 g/mol. The number of likely N-dealkylation sites (tertiary alicyclic amines) is 1. The molecule has 0 aliphatic carbocycles. The predicted octanol–water partition coefficient (Wildman–Crippen LogP) is 2.82. The van der Waals surface area contributed by atoms with E-state index in [0.717, 1.165) is 6.42 Å². The number of benzene rings is 1. The lowest BCUT2D eigenvalue weighted by Crippen LogP contribution is -2.44. The highest BCUT2D eigenvalue weighted by Gasteiger charge is 2.23. The number of ether oxygens (including phenoxy) is 1. The third kappa shape index (κ3) is 3.53. The first-order valence-corrected chi connectivity index (χ1v) is 7.61.